The lowest BCUT2D eigenvalue weighted by molar-refractivity contribution is 0.0985. The molecule has 0 saturated heterocycles. The van der Waals surface area contributed by atoms with Crippen molar-refractivity contribution in [3.8, 4) is 0 Å². The molecule has 0 N–H and O–H groups in total. The molecule has 0 aliphatic heterocycles. The lowest BCUT2D eigenvalue weighted by atomic mass is 10.2. The Morgan fingerprint density at radius 1 is 1.50 bits per heavy atom. The average Bonchev–Trinajstić information content (AvgIpc) is 2.52. The van der Waals surface area contributed by atoms with E-state index in [1.807, 2.05) is 24.8 Å². The van der Waals surface area contributed by atoms with Crippen molar-refractivity contribution in [2.75, 3.05) is 0 Å². The van der Waals surface area contributed by atoms with Gasteiger partial charge in [-0.2, -0.15) is 0 Å². The van der Waals surface area contributed by atoms with E-state index >= 15 is 0 Å². The van der Waals surface area contributed by atoms with Gasteiger partial charge in [0.2, 0.25) is 0 Å². The summed E-state index contributed by atoms with van der Waals surface area (Å²) in [5.74, 6) is 0.285. The molecule has 0 aliphatic rings. The standard InChI is InChI=1S/C11H16OS2/c1-4-5-9(12)10-6-7-11(14-10)13-8(2)3/h6-8H,4-5H2,1-3H3. The Hall–Kier alpha value is -0.280. The van der Waals surface area contributed by atoms with Crippen LogP contribution in [0.15, 0.2) is 16.3 Å². The number of rotatable bonds is 5. The van der Waals surface area contributed by atoms with Gasteiger partial charge < -0.3 is 0 Å². The topological polar surface area (TPSA) is 17.1 Å². The molecule has 0 amide bonds. The first-order chi connectivity index (χ1) is 6.63. The zero-order valence-electron chi connectivity index (χ0n) is 8.87. The van der Waals surface area contributed by atoms with Crippen molar-refractivity contribution in [3.63, 3.8) is 0 Å². The minimum absolute atomic E-state index is 0.285. The molecule has 1 aromatic rings. The summed E-state index contributed by atoms with van der Waals surface area (Å²) in [6, 6.07) is 4.01. The maximum absolute atomic E-state index is 11.5. The van der Waals surface area contributed by atoms with Crippen LogP contribution in [0, 0.1) is 0 Å². The molecule has 0 unspecified atom stereocenters. The first kappa shape index (κ1) is 11.8. The fraction of sp³-hybridized carbons (Fsp3) is 0.545. The molecule has 1 nitrogen and oxygen atoms in total. The van der Waals surface area contributed by atoms with E-state index < -0.39 is 0 Å². The number of thioether (sulfide) groups is 1. The molecule has 0 bridgehead atoms. The van der Waals surface area contributed by atoms with Gasteiger partial charge in [-0.1, -0.05) is 20.8 Å². The monoisotopic (exact) mass is 228 g/mol. The fourth-order valence-corrected chi connectivity index (χ4v) is 3.47. The van der Waals surface area contributed by atoms with Crippen molar-refractivity contribution in [3.05, 3.63) is 17.0 Å². The number of carbonyl (C=O) groups is 1. The molecular formula is C11H16OS2. The smallest absolute Gasteiger partial charge is 0.172 e. The molecule has 1 heterocycles. The second kappa shape index (κ2) is 5.56. The number of hydrogen-bond acceptors (Lipinski definition) is 3. The van der Waals surface area contributed by atoms with E-state index in [9.17, 15) is 4.79 Å². The highest BCUT2D eigenvalue weighted by Gasteiger charge is 2.09. The zero-order chi connectivity index (χ0) is 10.6. The molecule has 78 valence electrons. The first-order valence-corrected chi connectivity index (χ1v) is 6.62. The minimum Gasteiger partial charge on any atom is -0.293 e. The van der Waals surface area contributed by atoms with Gasteiger partial charge in [0, 0.05) is 11.7 Å². The van der Waals surface area contributed by atoms with Gasteiger partial charge >= 0.3 is 0 Å². The van der Waals surface area contributed by atoms with E-state index in [2.05, 4.69) is 19.9 Å². The molecule has 0 aliphatic carbocycles. The van der Waals surface area contributed by atoms with Crippen LogP contribution in [-0.4, -0.2) is 11.0 Å². The summed E-state index contributed by atoms with van der Waals surface area (Å²) in [6.07, 6.45) is 1.61. The largest absolute Gasteiger partial charge is 0.293 e. The Morgan fingerprint density at radius 3 is 2.79 bits per heavy atom. The number of ketones is 1. The van der Waals surface area contributed by atoms with Gasteiger partial charge in [-0.25, -0.2) is 0 Å². The molecule has 0 spiro atoms. The van der Waals surface area contributed by atoms with E-state index in [0.29, 0.717) is 11.7 Å². The highest BCUT2D eigenvalue weighted by Crippen LogP contribution is 2.30. The molecule has 0 fully saturated rings. The lowest BCUT2D eigenvalue weighted by Crippen LogP contribution is -1.93. The molecule has 0 radical (unpaired) electrons. The molecular weight excluding hydrogens is 212 g/mol. The van der Waals surface area contributed by atoms with Crippen LogP contribution in [-0.2, 0) is 0 Å². The van der Waals surface area contributed by atoms with E-state index in [1.54, 1.807) is 11.3 Å². The van der Waals surface area contributed by atoms with E-state index in [4.69, 9.17) is 0 Å². The van der Waals surface area contributed by atoms with Crippen molar-refractivity contribution in [1.82, 2.24) is 0 Å². The Labute approximate surface area is 93.9 Å². The average molecular weight is 228 g/mol. The van der Waals surface area contributed by atoms with Crippen LogP contribution in [0.3, 0.4) is 0 Å². The molecule has 1 aromatic heterocycles. The van der Waals surface area contributed by atoms with Crippen molar-refractivity contribution in [2.24, 2.45) is 0 Å². The van der Waals surface area contributed by atoms with Gasteiger partial charge in [-0.3, -0.25) is 4.79 Å². The van der Waals surface area contributed by atoms with Gasteiger partial charge in [-0.15, -0.1) is 23.1 Å². The van der Waals surface area contributed by atoms with Crippen molar-refractivity contribution in [1.29, 1.82) is 0 Å². The third-order valence-electron chi connectivity index (χ3n) is 1.69. The summed E-state index contributed by atoms with van der Waals surface area (Å²) in [5, 5.41) is 0.586. The minimum atomic E-state index is 0.285. The van der Waals surface area contributed by atoms with Crippen LogP contribution in [0.25, 0.3) is 0 Å². The normalized spacial score (nSPS) is 10.9. The predicted octanol–water partition coefficient (Wildman–Crippen LogP) is 4.23. The molecule has 0 atom stereocenters. The first-order valence-electron chi connectivity index (χ1n) is 4.93. The van der Waals surface area contributed by atoms with Gasteiger partial charge in [0.25, 0.3) is 0 Å². The summed E-state index contributed by atoms with van der Waals surface area (Å²) in [4.78, 5) is 12.5. The van der Waals surface area contributed by atoms with Gasteiger partial charge in [-0.05, 0) is 18.6 Å². The van der Waals surface area contributed by atoms with Gasteiger partial charge in [0.05, 0.1) is 9.09 Å². The van der Waals surface area contributed by atoms with Crippen LogP contribution in [0.5, 0.6) is 0 Å². The predicted molar refractivity (Wildman–Crippen MR) is 64.6 cm³/mol. The summed E-state index contributed by atoms with van der Waals surface area (Å²) >= 11 is 3.44. The van der Waals surface area contributed by atoms with Crippen molar-refractivity contribution >= 4 is 28.9 Å². The van der Waals surface area contributed by atoms with Crippen LogP contribution < -0.4 is 0 Å². The maximum Gasteiger partial charge on any atom is 0.172 e. The summed E-state index contributed by atoms with van der Waals surface area (Å²) in [6.45, 7) is 6.37. The van der Waals surface area contributed by atoms with E-state index in [0.717, 1.165) is 11.3 Å². The molecule has 0 saturated carbocycles. The maximum atomic E-state index is 11.5. The van der Waals surface area contributed by atoms with Crippen LogP contribution in [0.2, 0.25) is 0 Å². The van der Waals surface area contributed by atoms with Crippen molar-refractivity contribution < 1.29 is 4.79 Å². The number of hydrogen-bond donors (Lipinski definition) is 0. The number of Topliss-reactive ketones (excluding diaryl/α,β-unsaturated/α-hetero) is 1. The third-order valence-corrected chi connectivity index (χ3v) is 3.98. The molecule has 1 rings (SSSR count). The molecule has 14 heavy (non-hydrogen) atoms. The summed E-state index contributed by atoms with van der Waals surface area (Å²) in [5.41, 5.74) is 0. The second-order valence-electron chi connectivity index (χ2n) is 3.46. The lowest BCUT2D eigenvalue weighted by Gasteiger charge is -1.99. The van der Waals surface area contributed by atoms with E-state index in [1.165, 1.54) is 4.21 Å². The Balaban J connectivity index is 2.63. The Kier molecular flexibility index (Phi) is 4.69. The third kappa shape index (κ3) is 3.46. The van der Waals surface area contributed by atoms with Crippen LogP contribution in [0.1, 0.15) is 43.3 Å². The summed E-state index contributed by atoms with van der Waals surface area (Å²) in [7, 11) is 0. The quantitative estimate of drug-likeness (QED) is 0.554. The van der Waals surface area contributed by atoms with Crippen molar-refractivity contribution in [2.45, 2.75) is 43.1 Å². The molecule has 3 heteroatoms. The molecule has 0 aromatic carbocycles. The van der Waals surface area contributed by atoms with Crippen LogP contribution >= 0.6 is 23.1 Å². The number of carbonyl (C=O) groups excluding carboxylic acids is 1. The van der Waals surface area contributed by atoms with Crippen LogP contribution in [0.4, 0.5) is 0 Å². The highest BCUT2D eigenvalue weighted by molar-refractivity contribution is 8.01. The Bertz CT molecular complexity index is 302. The second-order valence-corrected chi connectivity index (χ2v) is 6.42. The van der Waals surface area contributed by atoms with Gasteiger partial charge in [0.1, 0.15) is 0 Å². The summed E-state index contributed by atoms with van der Waals surface area (Å²) < 4.78 is 1.25. The fourth-order valence-electron chi connectivity index (χ4n) is 1.12. The Morgan fingerprint density at radius 2 is 2.21 bits per heavy atom. The SMILES string of the molecule is CCCC(=O)c1ccc(SC(C)C)s1. The van der Waals surface area contributed by atoms with Gasteiger partial charge in [0.15, 0.2) is 5.78 Å². The zero-order valence-corrected chi connectivity index (χ0v) is 10.5. The van der Waals surface area contributed by atoms with E-state index in [-0.39, 0.29) is 5.78 Å². The highest BCUT2D eigenvalue weighted by atomic mass is 32.2. The number of thiophene rings is 1.